The zero-order valence-corrected chi connectivity index (χ0v) is 19.9. The summed E-state index contributed by atoms with van der Waals surface area (Å²) in [4.78, 5) is 29.0. The lowest BCUT2D eigenvalue weighted by Gasteiger charge is -2.14. The van der Waals surface area contributed by atoms with Crippen molar-refractivity contribution in [2.24, 2.45) is 0 Å². The van der Waals surface area contributed by atoms with Crippen LogP contribution in [-0.2, 0) is 17.8 Å². The summed E-state index contributed by atoms with van der Waals surface area (Å²) in [5.41, 5.74) is 4.80. The van der Waals surface area contributed by atoms with E-state index < -0.39 is 17.5 Å². The lowest BCUT2D eigenvalue weighted by molar-refractivity contribution is -0.110. The second kappa shape index (κ2) is 9.26. The van der Waals surface area contributed by atoms with Gasteiger partial charge in [-0.05, 0) is 53.6 Å². The molecule has 190 valence electrons. The zero-order chi connectivity index (χ0) is 26.4. The number of carbonyl (C=O) groups excluding carboxylic acids is 2. The number of nitrogens with one attached hydrogen (secondary N) is 4. The van der Waals surface area contributed by atoms with Gasteiger partial charge in [0, 0.05) is 42.0 Å². The van der Waals surface area contributed by atoms with E-state index in [2.05, 4.69) is 20.9 Å². The standard InChI is InChI=1S/C29H21F3N4O2/c30-17-5-1-15(2-6-17)14-34-24-13-23-19(11-21(24)32)20(28(37)36-23)12-25-26(16-3-7-18(31)8-4-16)27-22(35-25)9-10-33-29(27)38/h1-8,11-13,34-35H,9-10,14H2,(H,33,38)(H,36,37). The maximum atomic E-state index is 15.1. The van der Waals surface area contributed by atoms with Crippen LogP contribution < -0.4 is 16.0 Å². The van der Waals surface area contributed by atoms with E-state index in [-0.39, 0.29) is 29.5 Å². The van der Waals surface area contributed by atoms with E-state index >= 15 is 4.39 Å². The predicted octanol–water partition coefficient (Wildman–Crippen LogP) is 5.49. The summed E-state index contributed by atoms with van der Waals surface area (Å²) in [6, 6.07) is 14.4. The molecule has 6 nitrogen and oxygen atoms in total. The Morgan fingerprint density at radius 1 is 0.868 bits per heavy atom. The van der Waals surface area contributed by atoms with Gasteiger partial charge in [0.15, 0.2) is 0 Å². The molecule has 0 saturated heterocycles. The van der Waals surface area contributed by atoms with Gasteiger partial charge in [-0.2, -0.15) is 0 Å². The molecule has 38 heavy (non-hydrogen) atoms. The van der Waals surface area contributed by atoms with E-state index in [1.54, 1.807) is 30.3 Å². The van der Waals surface area contributed by atoms with Crippen molar-refractivity contribution in [3.8, 4) is 11.1 Å². The number of halogens is 3. The zero-order valence-electron chi connectivity index (χ0n) is 19.9. The first-order valence-corrected chi connectivity index (χ1v) is 12.0. The highest BCUT2D eigenvalue weighted by molar-refractivity contribution is 6.35. The van der Waals surface area contributed by atoms with E-state index in [9.17, 15) is 18.4 Å². The number of hydrogen-bond donors (Lipinski definition) is 4. The minimum Gasteiger partial charge on any atom is -0.379 e. The smallest absolute Gasteiger partial charge is 0.256 e. The van der Waals surface area contributed by atoms with Gasteiger partial charge in [0.05, 0.1) is 22.5 Å². The Balaban J connectivity index is 1.38. The van der Waals surface area contributed by atoms with Gasteiger partial charge in [-0.1, -0.05) is 24.3 Å². The van der Waals surface area contributed by atoms with Crippen LogP contribution in [0.5, 0.6) is 0 Å². The number of hydrogen-bond acceptors (Lipinski definition) is 3. The fraction of sp³-hybridized carbons (Fsp3) is 0.103. The molecule has 1 aromatic heterocycles. The summed E-state index contributed by atoms with van der Waals surface area (Å²) in [7, 11) is 0. The average molecular weight is 515 g/mol. The van der Waals surface area contributed by atoms with Crippen molar-refractivity contribution in [3.63, 3.8) is 0 Å². The molecule has 0 saturated carbocycles. The summed E-state index contributed by atoms with van der Waals surface area (Å²) in [6.07, 6.45) is 2.16. The van der Waals surface area contributed by atoms with Crippen molar-refractivity contribution in [2.75, 3.05) is 17.2 Å². The number of aromatic amines is 1. The Bertz CT molecular complexity index is 1620. The highest BCUT2D eigenvalue weighted by Gasteiger charge is 2.30. The Morgan fingerprint density at radius 2 is 1.58 bits per heavy atom. The Kier molecular flexibility index (Phi) is 5.75. The molecule has 0 bridgehead atoms. The normalized spacial score (nSPS) is 15.2. The van der Waals surface area contributed by atoms with Crippen LogP contribution in [0, 0.1) is 17.5 Å². The molecular formula is C29H21F3N4O2. The Hall–Kier alpha value is -4.79. The van der Waals surface area contributed by atoms with Crippen LogP contribution in [0.15, 0.2) is 60.7 Å². The van der Waals surface area contributed by atoms with Crippen molar-refractivity contribution in [1.29, 1.82) is 0 Å². The molecule has 2 amide bonds. The number of fused-ring (bicyclic) bond motifs is 2. The summed E-state index contributed by atoms with van der Waals surface area (Å²) in [5.74, 6) is -2.00. The predicted molar refractivity (Wildman–Crippen MR) is 139 cm³/mol. The van der Waals surface area contributed by atoms with Gasteiger partial charge in [-0.15, -0.1) is 0 Å². The highest BCUT2D eigenvalue weighted by Crippen LogP contribution is 2.39. The second-order valence-electron chi connectivity index (χ2n) is 9.15. The molecule has 0 fully saturated rings. The third-order valence-electron chi connectivity index (χ3n) is 6.70. The summed E-state index contributed by atoms with van der Waals surface area (Å²) < 4.78 is 41.9. The maximum Gasteiger partial charge on any atom is 0.256 e. The average Bonchev–Trinajstić information content (AvgIpc) is 3.42. The van der Waals surface area contributed by atoms with E-state index in [1.165, 1.54) is 36.4 Å². The Labute approximate surface area is 215 Å². The van der Waals surface area contributed by atoms with E-state index in [4.69, 9.17) is 0 Å². The number of benzene rings is 3. The first-order valence-electron chi connectivity index (χ1n) is 12.0. The number of anilines is 2. The summed E-state index contributed by atoms with van der Waals surface area (Å²) in [5, 5.41) is 8.58. The van der Waals surface area contributed by atoms with E-state index in [1.807, 2.05) is 0 Å². The monoisotopic (exact) mass is 514 g/mol. The first kappa shape index (κ1) is 23.6. The number of rotatable bonds is 5. The van der Waals surface area contributed by atoms with Gasteiger partial charge in [-0.3, -0.25) is 9.59 Å². The summed E-state index contributed by atoms with van der Waals surface area (Å²) in [6.45, 7) is 0.733. The van der Waals surface area contributed by atoms with Crippen molar-refractivity contribution in [2.45, 2.75) is 13.0 Å². The third kappa shape index (κ3) is 4.21. The third-order valence-corrected chi connectivity index (χ3v) is 6.70. The topological polar surface area (TPSA) is 86.0 Å². The molecule has 0 radical (unpaired) electrons. The molecule has 0 spiro atoms. The second-order valence-corrected chi connectivity index (χ2v) is 9.15. The quantitative estimate of drug-likeness (QED) is 0.266. The van der Waals surface area contributed by atoms with E-state index in [0.717, 1.165) is 5.56 Å². The molecule has 3 heterocycles. The molecule has 2 aliphatic heterocycles. The number of H-pyrrole nitrogens is 1. The Morgan fingerprint density at radius 3 is 2.32 bits per heavy atom. The van der Waals surface area contributed by atoms with Crippen LogP contribution in [0.4, 0.5) is 24.5 Å². The van der Waals surface area contributed by atoms with Crippen molar-refractivity contribution >= 4 is 34.8 Å². The fourth-order valence-corrected chi connectivity index (χ4v) is 4.86. The lowest BCUT2D eigenvalue weighted by atomic mass is 9.95. The minimum atomic E-state index is -0.558. The van der Waals surface area contributed by atoms with Crippen molar-refractivity contribution in [1.82, 2.24) is 10.3 Å². The van der Waals surface area contributed by atoms with Crippen LogP contribution in [0.1, 0.15) is 32.9 Å². The fourth-order valence-electron chi connectivity index (χ4n) is 4.86. The van der Waals surface area contributed by atoms with Crippen LogP contribution in [0.25, 0.3) is 22.8 Å². The molecule has 3 aromatic carbocycles. The molecule has 6 rings (SSSR count). The van der Waals surface area contributed by atoms with Gasteiger partial charge in [0.2, 0.25) is 0 Å². The number of amides is 2. The van der Waals surface area contributed by atoms with Gasteiger partial charge >= 0.3 is 0 Å². The number of aromatic nitrogens is 1. The van der Waals surface area contributed by atoms with Gasteiger partial charge in [0.25, 0.3) is 11.8 Å². The van der Waals surface area contributed by atoms with Crippen LogP contribution in [0.3, 0.4) is 0 Å². The highest BCUT2D eigenvalue weighted by atomic mass is 19.1. The molecule has 4 aromatic rings. The molecule has 2 aliphatic rings. The number of carbonyl (C=O) groups is 2. The van der Waals surface area contributed by atoms with Crippen LogP contribution in [-0.4, -0.2) is 23.3 Å². The molecular weight excluding hydrogens is 493 g/mol. The summed E-state index contributed by atoms with van der Waals surface area (Å²) >= 11 is 0. The van der Waals surface area contributed by atoms with Crippen LogP contribution in [0.2, 0.25) is 0 Å². The molecule has 4 N–H and O–H groups in total. The van der Waals surface area contributed by atoms with Gasteiger partial charge in [-0.25, -0.2) is 13.2 Å². The van der Waals surface area contributed by atoms with Gasteiger partial charge in [0.1, 0.15) is 17.5 Å². The largest absolute Gasteiger partial charge is 0.379 e. The molecule has 9 heteroatoms. The maximum absolute atomic E-state index is 15.1. The minimum absolute atomic E-state index is 0.189. The van der Waals surface area contributed by atoms with E-state index in [0.29, 0.717) is 52.3 Å². The van der Waals surface area contributed by atoms with Crippen molar-refractivity contribution in [3.05, 3.63) is 106 Å². The lowest BCUT2D eigenvalue weighted by Crippen LogP contribution is -2.31. The van der Waals surface area contributed by atoms with Crippen molar-refractivity contribution < 1.29 is 22.8 Å². The SMILES string of the molecule is O=C1Nc2cc(NCc3ccc(F)cc3)c(F)cc2C1=Cc1[nH]c2c(c1-c1ccc(F)cc1)C(=O)NCC2. The molecule has 0 aliphatic carbocycles. The first-order chi connectivity index (χ1) is 18.4. The molecule has 0 atom stereocenters. The molecule has 0 unspecified atom stereocenters. The van der Waals surface area contributed by atoms with Gasteiger partial charge < -0.3 is 20.9 Å². The van der Waals surface area contributed by atoms with Crippen LogP contribution >= 0.6 is 0 Å².